The fraction of sp³-hybridized carbons (Fsp3) is 0.583. The van der Waals surface area contributed by atoms with Crippen molar-refractivity contribution in [3.63, 3.8) is 0 Å². The first kappa shape index (κ1) is 15.2. The maximum atomic E-state index is 12.8. The summed E-state index contributed by atoms with van der Waals surface area (Å²) >= 11 is 0. The summed E-state index contributed by atoms with van der Waals surface area (Å²) in [6.45, 7) is 4.00. The lowest BCUT2D eigenvalue weighted by Gasteiger charge is -2.27. The number of nitrogens with two attached hydrogens (primary N) is 1. The third kappa shape index (κ3) is 2.93. The predicted molar refractivity (Wildman–Crippen MR) is 77.5 cm³/mol. The number of pyridine rings is 1. The first-order valence-electron chi connectivity index (χ1n) is 6.59. The molecule has 1 atom stereocenters. The second kappa shape index (κ2) is 6.04. The average molecular weight is 299 g/mol. The van der Waals surface area contributed by atoms with Crippen LogP contribution in [0.25, 0.3) is 0 Å². The monoisotopic (exact) mass is 299 g/mol. The lowest BCUT2D eigenvalue weighted by Crippen LogP contribution is -2.42. The van der Waals surface area contributed by atoms with Gasteiger partial charge in [-0.3, -0.25) is 5.84 Å². The fourth-order valence-electron chi connectivity index (χ4n) is 2.52. The van der Waals surface area contributed by atoms with Crippen LogP contribution in [0.3, 0.4) is 0 Å². The van der Waals surface area contributed by atoms with Crippen LogP contribution in [0.5, 0.6) is 0 Å². The smallest absolute Gasteiger partial charge is 0.262 e. The minimum Gasteiger partial charge on any atom is -0.321 e. The molecule has 0 aliphatic carbocycles. The number of likely N-dealkylation sites (N-methyl/N-ethyl adjacent to an activating group) is 1. The number of hydrogen-bond acceptors (Lipinski definition) is 6. The third-order valence-corrected chi connectivity index (χ3v) is 5.44. The van der Waals surface area contributed by atoms with Gasteiger partial charge in [-0.1, -0.05) is 0 Å². The van der Waals surface area contributed by atoms with Gasteiger partial charge in [0.05, 0.1) is 5.69 Å². The molecule has 7 nitrogen and oxygen atoms in total. The average Bonchev–Trinajstić information content (AvgIpc) is 2.59. The van der Waals surface area contributed by atoms with Gasteiger partial charge in [-0.25, -0.2) is 13.4 Å². The van der Waals surface area contributed by atoms with Crippen LogP contribution in [0.4, 0.5) is 5.69 Å². The second-order valence-electron chi connectivity index (χ2n) is 5.08. The van der Waals surface area contributed by atoms with E-state index in [4.69, 9.17) is 5.84 Å². The van der Waals surface area contributed by atoms with Crippen LogP contribution in [0.15, 0.2) is 23.4 Å². The first-order chi connectivity index (χ1) is 9.46. The lowest BCUT2D eigenvalue weighted by atomic mass is 10.3. The summed E-state index contributed by atoms with van der Waals surface area (Å²) in [6, 6.07) is 3.16. The van der Waals surface area contributed by atoms with E-state index < -0.39 is 10.0 Å². The molecule has 112 valence electrons. The van der Waals surface area contributed by atoms with Crippen LogP contribution in [0.1, 0.15) is 13.3 Å². The van der Waals surface area contributed by atoms with Crippen LogP contribution in [0.2, 0.25) is 0 Å². The van der Waals surface area contributed by atoms with Gasteiger partial charge in [0.1, 0.15) is 0 Å². The highest BCUT2D eigenvalue weighted by molar-refractivity contribution is 7.89. The van der Waals surface area contributed by atoms with E-state index in [0.717, 1.165) is 13.0 Å². The van der Waals surface area contributed by atoms with Crippen LogP contribution in [0, 0.1) is 0 Å². The number of anilines is 1. The van der Waals surface area contributed by atoms with E-state index in [-0.39, 0.29) is 11.1 Å². The zero-order valence-corrected chi connectivity index (χ0v) is 12.6. The van der Waals surface area contributed by atoms with Crippen molar-refractivity contribution in [2.24, 2.45) is 5.84 Å². The summed E-state index contributed by atoms with van der Waals surface area (Å²) in [7, 11) is -1.65. The Morgan fingerprint density at radius 2 is 2.20 bits per heavy atom. The van der Waals surface area contributed by atoms with Crippen LogP contribution in [-0.2, 0) is 10.0 Å². The van der Waals surface area contributed by atoms with Gasteiger partial charge in [-0.2, -0.15) is 4.31 Å². The fourth-order valence-corrected chi connectivity index (χ4v) is 4.26. The van der Waals surface area contributed by atoms with E-state index in [0.29, 0.717) is 18.8 Å². The van der Waals surface area contributed by atoms with Gasteiger partial charge in [-0.05, 0) is 39.1 Å². The molecule has 0 aromatic carbocycles. The molecule has 0 spiro atoms. The molecule has 1 unspecified atom stereocenters. The molecule has 2 rings (SSSR count). The standard InChI is InChI=1S/C12H21N5O2S/c1-10-9-16(2)7-4-8-17(10)20(18,19)12-11(15-13)5-3-6-14-12/h3,5-6,10,15H,4,7-9,13H2,1-2H3. The van der Waals surface area contributed by atoms with E-state index in [1.807, 2.05) is 14.0 Å². The highest BCUT2D eigenvalue weighted by Crippen LogP contribution is 2.24. The minimum absolute atomic E-state index is 0.0149. The molecule has 3 N–H and O–H groups in total. The Bertz CT molecular complexity index is 563. The number of aromatic nitrogens is 1. The Balaban J connectivity index is 2.38. The molecule has 0 radical (unpaired) electrons. The van der Waals surface area contributed by atoms with Crippen molar-refractivity contribution in [2.45, 2.75) is 24.4 Å². The Morgan fingerprint density at radius 3 is 2.90 bits per heavy atom. The van der Waals surface area contributed by atoms with Crippen molar-refractivity contribution >= 4 is 15.7 Å². The minimum atomic E-state index is -3.65. The lowest BCUT2D eigenvalue weighted by molar-refractivity contribution is 0.290. The van der Waals surface area contributed by atoms with Gasteiger partial charge < -0.3 is 10.3 Å². The van der Waals surface area contributed by atoms with Crippen LogP contribution >= 0.6 is 0 Å². The number of nitrogens with one attached hydrogen (secondary N) is 1. The molecule has 2 heterocycles. The topological polar surface area (TPSA) is 91.6 Å². The summed E-state index contributed by atoms with van der Waals surface area (Å²) in [5.41, 5.74) is 2.72. The van der Waals surface area contributed by atoms with Crippen molar-refractivity contribution in [3.8, 4) is 0 Å². The summed E-state index contributed by atoms with van der Waals surface area (Å²) in [5.74, 6) is 5.38. The van der Waals surface area contributed by atoms with Crippen molar-refractivity contribution in [3.05, 3.63) is 18.3 Å². The number of sulfonamides is 1. The SMILES string of the molecule is CC1CN(C)CCCN1S(=O)(=O)c1ncccc1NN. The number of hydrazine groups is 1. The van der Waals surface area contributed by atoms with E-state index >= 15 is 0 Å². The quantitative estimate of drug-likeness (QED) is 0.607. The molecule has 0 saturated carbocycles. The van der Waals surface area contributed by atoms with E-state index in [1.165, 1.54) is 10.5 Å². The van der Waals surface area contributed by atoms with Gasteiger partial charge in [0.2, 0.25) is 0 Å². The number of rotatable bonds is 3. The molecule has 1 aliphatic heterocycles. The van der Waals surface area contributed by atoms with E-state index in [9.17, 15) is 8.42 Å². The summed E-state index contributed by atoms with van der Waals surface area (Å²) in [5, 5.41) is -0.0149. The maximum Gasteiger partial charge on any atom is 0.262 e. The molecule has 1 aromatic rings. The molecule has 20 heavy (non-hydrogen) atoms. The third-order valence-electron chi connectivity index (χ3n) is 3.47. The Labute approximate surface area is 119 Å². The number of hydrogen-bond donors (Lipinski definition) is 2. The molecule has 1 fully saturated rings. The van der Waals surface area contributed by atoms with Gasteiger partial charge in [0.25, 0.3) is 10.0 Å². The normalized spacial score (nSPS) is 22.4. The van der Waals surface area contributed by atoms with Crippen molar-refractivity contribution in [1.29, 1.82) is 0 Å². The van der Waals surface area contributed by atoms with Gasteiger partial charge in [0, 0.05) is 25.3 Å². The van der Waals surface area contributed by atoms with Gasteiger partial charge >= 0.3 is 0 Å². The predicted octanol–water partition coefficient (Wildman–Crippen LogP) is 0.0819. The largest absolute Gasteiger partial charge is 0.321 e. The summed E-state index contributed by atoms with van der Waals surface area (Å²) in [6.07, 6.45) is 2.26. The second-order valence-corrected chi connectivity index (χ2v) is 6.89. The molecule has 8 heteroatoms. The van der Waals surface area contributed by atoms with Crippen LogP contribution < -0.4 is 11.3 Å². The van der Waals surface area contributed by atoms with E-state index in [1.54, 1.807) is 12.1 Å². The maximum absolute atomic E-state index is 12.8. The molecule has 1 aromatic heterocycles. The highest BCUT2D eigenvalue weighted by Gasteiger charge is 2.33. The molecule has 1 aliphatic rings. The van der Waals surface area contributed by atoms with Crippen molar-refractivity contribution in [2.75, 3.05) is 32.1 Å². The molecule has 1 saturated heterocycles. The molecule has 0 bridgehead atoms. The Hall–Kier alpha value is -1.22. The molecule has 0 amide bonds. The van der Waals surface area contributed by atoms with Crippen LogP contribution in [-0.4, -0.2) is 55.3 Å². The van der Waals surface area contributed by atoms with Crippen molar-refractivity contribution < 1.29 is 8.42 Å². The molecular formula is C12H21N5O2S. The summed E-state index contributed by atoms with van der Waals surface area (Å²) < 4.78 is 27.1. The molecular weight excluding hydrogens is 278 g/mol. The number of nitrogens with zero attached hydrogens (tertiary/aromatic N) is 3. The van der Waals surface area contributed by atoms with Gasteiger partial charge in [-0.15, -0.1) is 0 Å². The zero-order valence-electron chi connectivity index (χ0n) is 11.8. The first-order valence-corrected chi connectivity index (χ1v) is 8.03. The highest BCUT2D eigenvalue weighted by atomic mass is 32.2. The summed E-state index contributed by atoms with van der Waals surface area (Å²) in [4.78, 5) is 6.13. The van der Waals surface area contributed by atoms with E-state index in [2.05, 4.69) is 15.3 Å². The Morgan fingerprint density at radius 1 is 1.45 bits per heavy atom. The van der Waals surface area contributed by atoms with Crippen molar-refractivity contribution in [1.82, 2.24) is 14.2 Å². The zero-order chi connectivity index (χ0) is 14.8. The Kier molecular flexibility index (Phi) is 4.59. The number of nitrogen functional groups attached to an aromatic ring is 1. The van der Waals surface area contributed by atoms with Gasteiger partial charge in [0.15, 0.2) is 5.03 Å².